The van der Waals surface area contributed by atoms with Crippen molar-refractivity contribution in [3.8, 4) is 0 Å². The fraction of sp³-hybridized carbons (Fsp3) is 0.474. The summed E-state index contributed by atoms with van der Waals surface area (Å²) < 4.78 is 0. The lowest BCUT2D eigenvalue weighted by Crippen LogP contribution is -2.29. The molecule has 0 bridgehead atoms. The van der Waals surface area contributed by atoms with Gasteiger partial charge in [-0.25, -0.2) is 0 Å². The number of rotatable bonds is 6. The molecule has 1 aliphatic heterocycles. The Morgan fingerprint density at radius 1 is 1.24 bits per heavy atom. The maximum atomic E-state index is 11.8. The van der Waals surface area contributed by atoms with Crippen molar-refractivity contribution in [2.45, 2.75) is 45.8 Å². The predicted octanol–water partition coefficient (Wildman–Crippen LogP) is 2.58. The maximum Gasteiger partial charge on any atom is 0.220 e. The van der Waals surface area contributed by atoms with E-state index in [-0.39, 0.29) is 11.9 Å². The zero-order valence-corrected chi connectivity index (χ0v) is 14.9. The summed E-state index contributed by atoms with van der Waals surface area (Å²) in [6.07, 6.45) is 9.26. The number of carbonyl (C=O) groups excluding carboxylic acids is 1. The Morgan fingerprint density at radius 3 is 2.76 bits per heavy atom. The number of pyridine rings is 1. The summed E-state index contributed by atoms with van der Waals surface area (Å²) in [5.41, 5.74) is 3.09. The van der Waals surface area contributed by atoms with Crippen molar-refractivity contribution in [1.82, 2.24) is 24.8 Å². The van der Waals surface area contributed by atoms with Crippen LogP contribution in [0.25, 0.3) is 0 Å². The molecule has 0 radical (unpaired) electrons. The van der Waals surface area contributed by atoms with Crippen LogP contribution in [0.2, 0.25) is 0 Å². The van der Waals surface area contributed by atoms with Gasteiger partial charge in [-0.05, 0) is 37.1 Å². The number of hydrogen-bond acceptors (Lipinski definition) is 5. The fourth-order valence-corrected chi connectivity index (χ4v) is 3.37. The van der Waals surface area contributed by atoms with Crippen molar-refractivity contribution in [3.63, 3.8) is 0 Å². The minimum atomic E-state index is 0.0697. The number of aromatic nitrogens is 3. The van der Waals surface area contributed by atoms with E-state index < -0.39 is 0 Å². The highest BCUT2D eigenvalue weighted by Crippen LogP contribution is 2.30. The van der Waals surface area contributed by atoms with Crippen LogP contribution >= 0.6 is 0 Å². The van der Waals surface area contributed by atoms with Gasteiger partial charge in [0.25, 0.3) is 0 Å². The molecule has 2 aromatic rings. The highest BCUT2D eigenvalue weighted by molar-refractivity contribution is 5.74. The minimum absolute atomic E-state index is 0.0697. The zero-order chi connectivity index (χ0) is 17.6. The maximum absolute atomic E-state index is 11.8. The average Bonchev–Trinajstić information content (AvgIpc) is 3.12. The Labute approximate surface area is 148 Å². The van der Waals surface area contributed by atoms with Gasteiger partial charge in [0.05, 0.1) is 23.6 Å². The summed E-state index contributed by atoms with van der Waals surface area (Å²) in [6, 6.07) is 4.14. The van der Waals surface area contributed by atoms with Crippen LogP contribution in [0.4, 0.5) is 0 Å². The molecule has 3 rings (SSSR count). The molecule has 1 amide bonds. The average molecular weight is 339 g/mol. The van der Waals surface area contributed by atoms with Gasteiger partial charge in [-0.1, -0.05) is 6.92 Å². The van der Waals surface area contributed by atoms with Gasteiger partial charge in [0, 0.05) is 45.1 Å². The Balaban J connectivity index is 1.71. The van der Waals surface area contributed by atoms with Crippen molar-refractivity contribution in [1.29, 1.82) is 0 Å². The van der Waals surface area contributed by atoms with Crippen LogP contribution in [-0.2, 0) is 17.9 Å². The first-order chi connectivity index (χ1) is 12.2. The van der Waals surface area contributed by atoms with Crippen molar-refractivity contribution >= 4 is 5.91 Å². The van der Waals surface area contributed by atoms with Gasteiger partial charge in [-0.3, -0.25) is 24.6 Å². The molecule has 6 heteroatoms. The molecule has 0 saturated carbocycles. The molecule has 6 nitrogen and oxygen atoms in total. The number of carbonyl (C=O) groups is 1. The van der Waals surface area contributed by atoms with E-state index in [2.05, 4.69) is 21.8 Å². The van der Waals surface area contributed by atoms with Gasteiger partial charge in [-0.2, -0.15) is 0 Å². The Kier molecular flexibility index (Phi) is 5.71. The van der Waals surface area contributed by atoms with E-state index in [0.717, 1.165) is 50.4 Å². The number of hydrogen-bond donors (Lipinski definition) is 0. The second-order valence-corrected chi connectivity index (χ2v) is 6.46. The molecule has 1 unspecified atom stereocenters. The normalized spacial score (nSPS) is 17.2. The molecule has 0 aliphatic carbocycles. The Hall–Kier alpha value is -2.34. The predicted molar refractivity (Wildman–Crippen MR) is 95.4 cm³/mol. The molecular weight excluding hydrogens is 314 g/mol. The number of likely N-dealkylation sites (tertiary alicyclic amines) is 1. The van der Waals surface area contributed by atoms with Crippen LogP contribution in [0.15, 0.2) is 36.9 Å². The first-order valence-corrected chi connectivity index (χ1v) is 8.86. The van der Waals surface area contributed by atoms with Crippen LogP contribution < -0.4 is 0 Å². The number of amides is 1. The zero-order valence-electron chi connectivity index (χ0n) is 14.9. The first-order valence-electron chi connectivity index (χ1n) is 8.86. The summed E-state index contributed by atoms with van der Waals surface area (Å²) >= 11 is 0. The third kappa shape index (κ3) is 4.39. The van der Waals surface area contributed by atoms with Gasteiger partial charge >= 0.3 is 0 Å². The molecule has 1 atom stereocenters. The smallest absolute Gasteiger partial charge is 0.220 e. The molecule has 0 N–H and O–H groups in total. The van der Waals surface area contributed by atoms with Crippen molar-refractivity contribution in [2.75, 3.05) is 13.1 Å². The van der Waals surface area contributed by atoms with Crippen molar-refractivity contribution in [3.05, 3.63) is 53.9 Å². The summed E-state index contributed by atoms with van der Waals surface area (Å²) in [5, 5.41) is 0. The van der Waals surface area contributed by atoms with E-state index in [1.807, 2.05) is 35.6 Å². The van der Waals surface area contributed by atoms with Crippen LogP contribution in [0.3, 0.4) is 0 Å². The number of nitrogens with zero attached hydrogens (tertiary/aromatic N) is 5. The van der Waals surface area contributed by atoms with E-state index in [1.165, 1.54) is 5.56 Å². The van der Waals surface area contributed by atoms with E-state index in [1.54, 1.807) is 13.1 Å². The monoisotopic (exact) mass is 339 g/mol. The van der Waals surface area contributed by atoms with Crippen LogP contribution in [0.5, 0.6) is 0 Å². The highest BCUT2D eigenvalue weighted by Gasteiger charge is 2.29. The van der Waals surface area contributed by atoms with Gasteiger partial charge in [0.2, 0.25) is 5.91 Å². The van der Waals surface area contributed by atoms with E-state index in [9.17, 15) is 4.79 Å². The molecule has 1 aliphatic rings. The lowest BCUT2D eigenvalue weighted by molar-refractivity contribution is -0.129. The molecule has 0 spiro atoms. The third-order valence-electron chi connectivity index (χ3n) is 4.69. The van der Waals surface area contributed by atoms with E-state index in [4.69, 9.17) is 4.98 Å². The molecule has 1 saturated heterocycles. The lowest BCUT2D eigenvalue weighted by atomic mass is 10.1. The van der Waals surface area contributed by atoms with Crippen molar-refractivity contribution < 1.29 is 4.79 Å². The van der Waals surface area contributed by atoms with E-state index >= 15 is 0 Å². The van der Waals surface area contributed by atoms with Crippen LogP contribution in [0, 0.1) is 0 Å². The van der Waals surface area contributed by atoms with Gasteiger partial charge in [0.1, 0.15) is 0 Å². The van der Waals surface area contributed by atoms with Crippen LogP contribution in [-0.4, -0.2) is 43.7 Å². The quantitative estimate of drug-likeness (QED) is 0.809. The summed E-state index contributed by atoms with van der Waals surface area (Å²) in [7, 11) is 0. The summed E-state index contributed by atoms with van der Waals surface area (Å²) in [6.45, 7) is 7.11. The first kappa shape index (κ1) is 17.5. The molecule has 1 fully saturated rings. The summed E-state index contributed by atoms with van der Waals surface area (Å²) in [5.74, 6) is 0.113. The van der Waals surface area contributed by atoms with Gasteiger partial charge in [-0.15, -0.1) is 0 Å². The highest BCUT2D eigenvalue weighted by atomic mass is 16.2. The van der Waals surface area contributed by atoms with Gasteiger partial charge < -0.3 is 4.90 Å². The fourth-order valence-electron chi connectivity index (χ4n) is 3.37. The third-order valence-corrected chi connectivity index (χ3v) is 4.69. The Morgan fingerprint density at radius 2 is 2.04 bits per heavy atom. The second-order valence-electron chi connectivity index (χ2n) is 6.46. The SMILES string of the molecule is CCN(Cc1ccncc1)Cc1cncc(C2CCCN2C(C)=O)n1. The molecule has 25 heavy (non-hydrogen) atoms. The molecule has 3 heterocycles. The Bertz CT molecular complexity index is 706. The second kappa shape index (κ2) is 8.16. The molecular formula is C19H25N5O. The van der Waals surface area contributed by atoms with Crippen LogP contribution in [0.1, 0.15) is 49.7 Å². The molecule has 2 aromatic heterocycles. The van der Waals surface area contributed by atoms with Crippen molar-refractivity contribution in [2.24, 2.45) is 0 Å². The topological polar surface area (TPSA) is 62.2 Å². The van der Waals surface area contributed by atoms with Gasteiger partial charge in [0.15, 0.2) is 0 Å². The minimum Gasteiger partial charge on any atom is -0.334 e. The summed E-state index contributed by atoms with van der Waals surface area (Å²) in [4.78, 5) is 29.3. The standard InChI is InChI=1S/C19H25N5O/c1-3-23(13-16-6-8-20-9-7-16)14-17-11-21-12-18(22-17)19-5-4-10-24(19)15(2)25/h6-9,11-12,19H,3-5,10,13-14H2,1-2H3. The largest absolute Gasteiger partial charge is 0.334 e. The molecule has 132 valence electrons. The lowest BCUT2D eigenvalue weighted by Gasteiger charge is -2.24. The molecule has 0 aromatic carbocycles. The van der Waals surface area contributed by atoms with E-state index in [0.29, 0.717) is 0 Å².